The Balaban J connectivity index is 0.000000159. The molecule has 0 saturated carbocycles. The van der Waals surface area contributed by atoms with Gasteiger partial charge in [-0.25, -0.2) is 0 Å². The van der Waals surface area contributed by atoms with Crippen LogP contribution in [0.3, 0.4) is 0 Å². The largest absolute Gasteiger partial charge is 0.489 e. The van der Waals surface area contributed by atoms with Crippen LogP contribution < -0.4 is 5.46 Å². The Labute approximate surface area is 383 Å². The number of benzene rings is 10. The Hall–Kier alpha value is -5.09. The maximum absolute atomic E-state index is 10.0. The first-order valence-corrected chi connectivity index (χ1v) is 20.7. The van der Waals surface area contributed by atoms with Crippen LogP contribution in [0.5, 0.6) is 0 Å². The van der Waals surface area contributed by atoms with Crippen molar-refractivity contribution in [2.24, 2.45) is 0 Å². The van der Waals surface area contributed by atoms with E-state index in [1.165, 1.54) is 3.57 Å². The van der Waals surface area contributed by atoms with Gasteiger partial charge < -0.3 is 10.0 Å². The molecule has 10 aromatic rings. The molecule has 0 aliphatic rings. The minimum Gasteiger partial charge on any atom is -0.423 e. The average Bonchev–Trinajstić information content (AvgIpc) is 3.33. The van der Waals surface area contributed by atoms with Crippen LogP contribution in [0, 0.1) is 3.57 Å². The first kappa shape index (κ1) is 29.2. The van der Waals surface area contributed by atoms with Gasteiger partial charge in [-0.3, -0.25) is 0 Å². The molecular weight excluding hydrogens is 954 g/mol. The van der Waals surface area contributed by atoms with Gasteiger partial charge >= 0.3 is 7.12 Å². The fourth-order valence-corrected chi connectivity index (χ4v) is 9.04. The Bertz CT molecular complexity index is 3440. The molecule has 2 N–H and O–H groups in total. The molecule has 6 heteroatoms. The lowest BCUT2D eigenvalue weighted by molar-refractivity contribution is 0.426. The molecule has 58 heavy (non-hydrogen) atoms. The summed E-state index contributed by atoms with van der Waals surface area (Å²) in [5.41, 5.74) is 3.87. The molecule has 0 saturated heterocycles. The highest BCUT2D eigenvalue weighted by atomic mass is 127. The first-order valence-electron chi connectivity index (χ1n) is 23.1. The normalized spacial score (nSPS) is 13.3. The van der Waals surface area contributed by atoms with Crippen LogP contribution in [0.15, 0.2) is 215 Å². The zero-order valence-electron chi connectivity index (χ0n) is 40.5. The van der Waals surface area contributed by atoms with Crippen molar-refractivity contribution in [3.8, 4) is 33.4 Å². The number of fused-ring (bicyclic) bond motifs is 4. The molecule has 10 rings (SSSR count). The molecule has 280 valence electrons. The van der Waals surface area contributed by atoms with E-state index < -0.39 is 25.2 Å². The van der Waals surface area contributed by atoms with Crippen molar-refractivity contribution in [2.75, 3.05) is 0 Å². The van der Waals surface area contributed by atoms with Crippen LogP contribution in [0.1, 0.15) is 13.7 Å². The highest BCUT2D eigenvalue weighted by Gasteiger charge is 2.22. The molecule has 0 spiro atoms. The van der Waals surface area contributed by atoms with Crippen molar-refractivity contribution in [3.63, 3.8) is 0 Å². The van der Waals surface area contributed by atoms with Gasteiger partial charge in [0.1, 0.15) is 0 Å². The number of halogens is 3. The van der Waals surface area contributed by atoms with Gasteiger partial charge in [0.15, 0.2) is 0 Å². The standard InChI is InChI=1S/C26H17Br.C20H15BO2.C6H4BrI/c27-20-12-8-11-19(17-20)26-23-15-6-4-13-21(23)25(18-9-2-1-3-10-18)22-14-5-7-16-24(22)26;22-21(23)20-17-12-6-4-10-15(17)19(14-8-2-1-3-9-14)16-11-5-7-13-18(16)20;7-5-2-1-3-6(8)4-5/h1-17H;1-13,22-23H;1-4H/i1D,2D,3D,9D,10D;1D,2D,3D,8D,9D;. The van der Waals surface area contributed by atoms with Gasteiger partial charge in [-0.15, -0.1) is 0 Å². The number of hydrogen-bond acceptors (Lipinski definition) is 2. The second kappa shape index (κ2) is 18.2. The van der Waals surface area contributed by atoms with E-state index in [0.717, 1.165) is 41.6 Å². The van der Waals surface area contributed by atoms with Crippen LogP contribution >= 0.6 is 54.5 Å². The third kappa shape index (κ3) is 8.40. The number of rotatable bonds is 4. The third-order valence-electron chi connectivity index (χ3n) is 9.56. The van der Waals surface area contributed by atoms with Gasteiger partial charge in [0.2, 0.25) is 0 Å². The van der Waals surface area contributed by atoms with Crippen molar-refractivity contribution in [1.82, 2.24) is 0 Å². The van der Waals surface area contributed by atoms with Crippen LogP contribution in [0.25, 0.3) is 76.5 Å². The summed E-state index contributed by atoms with van der Waals surface area (Å²) in [6.45, 7) is 0. The van der Waals surface area contributed by atoms with E-state index in [0.29, 0.717) is 38.1 Å². The molecule has 0 amide bonds. The maximum atomic E-state index is 10.0. The SMILES string of the molecule is Brc1cccc(I)c1.[2H]c1c([2H])c([2H])c(-c2c3ccccc3c(-c3cccc(Br)c3)c3ccccc23)c([2H])c1[2H].[2H]c1c([2H])c([2H])c(-c2c3ccccc3c(B(O)O)c3ccccc23)c([2H])c1[2H]. The van der Waals surface area contributed by atoms with Crippen LogP contribution in [-0.4, -0.2) is 17.2 Å². The summed E-state index contributed by atoms with van der Waals surface area (Å²) in [5.74, 6) is 0. The van der Waals surface area contributed by atoms with Crippen molar-refractivity contribution in [1.29, 1.82) is 0 Å². The topological polar surface area (TPSA) is 40.5 Å². The predicted octanol–water partition coefficient (Wildman–Crippen LogP) is 14.5. The fourth-order valence-electron chi connectivity index (χ4n) is 7.27. The molecule has 0 aliphatic heterocycles. The van der Waals surface area contributed by atoms with Crippen molar-refractivity contribution in [3.05, 3.63) is 219 Å². The molecule has 0 bridgehead atoms. The lowest BCUT2D eigenvalue weighted by Crippen LogP contribution is -2.31. The first-order chi connectivity index (χ1) is 32.5. The molecule has 0 aliphatic carbocycles. The van der Waals surface area contributed by atoms with Crippen molar-refractivity contribution >= 4 is 110 Å². The molecule has 0 heterocycles. The van der Waals surface area contributed by atoms with Crippen molar-refractivity contribution in [2.45, 2.75) is 0 Å². The highest BCUT2D eigenvalue weighted by Crippen LogP contribution is 2.44. The van der Waals surface area contributed by atoms with E-state index in [-0.39, 0.29) is 53.4 Å². The van der Waals surface area contributed by atoms with Gasteiger partial charge in [0.25, 0.3) is 0 Å². The smallest absolute Gasteiger partial charge is 0.423 e. The average molecular weight is 1000 g/mol. The zero-order valence-corrected chi connectivity index (χ0v) is 35.8. The molecule has 0 fully saturated rings. The summed E-state index contributed by atoms with van der Waals surface area (Å²) in [6, 6.07) is 42.7. The lowest BCUT2D eigenvalue weighted by Gasteiger charge is -2.17. The summed E-state index contributed by atoms with van der Waals surface area (Å²) in [4.78, 5) is 0. The van der Waals surface area contributed by atoms with Crippen LogP contribution in [-0.2, 0) is 0 Å². The Morgan fingerprint density at radius 2 is 0.741 bits per heavy atom. The molecule has 10 aromatic carbocycles. The van der Waals surface area contributed by atoms with E-state index in [1.54, 1.807) is 48.5 Å². The van der Waals surface area contributed by atoms with Crippen molar-refractivity contribution < 1.29 is 23.8 Å². The summed E-state index contributed by atoms with van der Waals surface area (Å²) in [7, 11) is -1.72. The second-order valence-electron chi connectivity index (χ2n) is 13.0. The van der Waals surface area contributed by atoms with Gasteiger partial charge in [0, 0.05) is 12.5 Å². The molecule has 0 aromatic heterocycles. The monoisotopic (exact) mass is 998 g/mol. The quantitative estimate of drug-likeness (QED) is 0.105. The van der Waals surface area contributed by atoms with Crippen LogP contribution in [0.4, 0.5) is 0 Å². The Morgan fingerprint density at radius 3 is 1.09 bits per heavy atom. The van der Waals surface area contributed by atoms with E-state index in [1.807, 2.05) is 72.8 Å². The van der Waals surface area contributed by atoms with E-state index in [9.17, 15) is 10.0 Å². The van der Waals surface area contributed by atoms with Gasteiger partial charge in [-0.2, -0.15) is 0 Å². The predicted molar refractivity (Wildman–Crippen MR) is 264 cm³/mol. The minimum atomic E-state index is -1.72. The van der Waals surface area contributed by atoms with Gasteiger partial charge in [-0.05, 0) is 135 Å². The summed E-state index contributed by atoms with van der Waals surface area (Å²) in [6.07, 6.45) is 0. The summed E-state index contributed by atoms with van der Waals surface area (Å²) >= 11 is 9.20. The minimum absolute atomic E-state index is 0.0948. The molecular formula is C52H36BBr2IO2. The summed E-state index contributed by atoms with van der Waals surface area (Å²) in [5, 5.41) is 25.9. The van der Waals surface area contributed by atoms with Gasteiger partial charge in [0.05, 0.1) is 13.7 Å². The lowest BCUT2D eigenvalue weighted by atomic mass is 9.72. The van der Waals surface area contributed by atoms with E-state index in [2.05, 4.69) is 78.7 Å². The van der Waals surface area contributed by atoms with E-state index >= 15 is 0 Å². The Kier molecular flexibility index (Phi) is 9.17. The molecule has 0 atom stereocenters. The number of hydrogen-bond donors (Lipinski definition) is 2. The molecule has 0 unspecified atom stereocenters. The summed E-state index contributed by atoms with van der Waals surface area (Å²) < 4.78 is 85.6. The fraction of sp³-hybridized carbons (Fsp3) is 0. The molecule has 0 radical (unpaired) electrons. The van der Waals surface area contributed by atoms with Crippen LogP contribution in [0.2, 0.25) is 0 Å². The molecule has 2 nitrogen and oxygen atoms in total. The van der Waals surface area contributed by atoms with Gasteiger partial charge in [-0.1, -0.05) is 208 Å². The highest BCUT2D eigenvalue weighted by molar-refractivity contribution is 14.1. The second-order valence-corrected chi connectivity index (χ2v) is 16.1. The zero-order chi connectivity index (χ0) is 48.7. The Morgan fingerprint density at radius 1 is 0.397 bits per heavy atom. The maximum Gasteiger partial charge on any atom is 0.489 e. The third-order valence-corrected chi connectivity index (χ3v) is 11.2. The van der Waals surface area contributed by atoms with E-state index in [4.69, 9.17) is 13.7 Å².